The number of carbonyl (C=O) groups excluding carboxylic acids is 2. The summed E-state index contributed by atoms with van der Waals surface area (Å²) in [6.07, 6.45) is 0. The van der Waals surface area contributed by atoms with Crippen molar-refractivity contribution >= 4 is 46.1 Å². The summed E-state index contributed by atoms with van der Waals surface area (Å²) in [4.78, 5) is 40.1. The molecule has 0 aliphatic carbocycles. The van der Waals surface area contributed by atoms with E-state index in [-0.39, 0.29) is 0 Å². The lowest BCUT2D eigenvalue weighted by Gasteiger charge is -2.11. The van der Waals surface area contributed by atoms with Crippen molar-refractivity contribution in [2.24, 2.45) is 0 Å². The van der Waals surface area contributed by atoms with E-state index in [1.54, 1.807) is 0 Å². The van der Waals surface area contributed by atoms with Crippen molar-refractivity contribution in [2.45, 2.75) is 6.92 Å². The Kier molecular flexibility index (Phi) is 4.92. The van der Waals surface area contributed by atoms with Crippen molar-refractivity contribution in [1.29, 1.82) is 0 Å². The zero-order valence-electron chi connectivity index (χ0n) is 13.7. The Morgan fingerprint density at radius 2 is 1.79 bits per heavy atom. The fourth-order valence-electron chi connectivity index (χ4n) is 2.22. The largest absolute Gasteiger partial charge is 0.492 e. The molecule has 9 nitrogen and oxygen atoms in total. The molecule has 1 aromatic carbocycles. The van der Waals surface area contributed by atoms with Crippen molar-refractivity contribution in [1.82, 2.24) is 4.73 Å². The van der Waals surface area contributed by atoms with Crippen LogP contribution in [0.1, 0.15) is 17.3 Å². The highest BCUT2D eigenvalue weighted by Crippen LogP contribution is 2.41. The molecule has 0 fully saturated rings. The number of esters is 1. The van der Waals surface area contributed by atoms with Crippen LogP contribution in [0.15, 0.2) is 27.4 Å². The number of aromatic nitrogens is 1. The first-order valence-electron chi connectivity index (χ1n) is 7.26. The predicted molar refractivity (Wildman–Crippen MR) is 92.4 cm³/mol. The molecule has 28 heavy (non-hydrogen) atoms. The van der Waals surface area contributed by atoms with E-state index in [1.807, 2.05) is 0 Å². The van der Waals surface area contributed by atoms with E-state index in [2.05, 4.69) is 4.84 Å². The van der Waals surface area contributed by atoms with E-state index in [4.69, 9.17) is 32.4 Å². The molecule has 146 valence electrons. The fraction of sp³-hybridized carbons (Fsp3) is 0.0625. The Labute approximate surface area is 164 Å². The fourth-order valence-corrected chi connectivity index (χ4v) is 2.77. The lowest BCUT2D eigenvalue weighted by atomic mass is 10.1. The number of rotatable bonds is 3. The van der Waals surface area contributed by atoms with Crippen LogP contribution in [-0.4, -0.2) is 26.9 Å². The number of ether oxygens (including phenoxy) is 1. The van der Waals surface area contributed by atoms with Gasteiger partial charge in [-0.05, 0) is 6.07 Å². The van der Waals surface area contributed by atoms with Gasteiger partial charge in [-0.3, -0.25) is 4.79 Å². The molecule has 0 aliphatic rings. The van der Waals surface area contributed by atoms with Crippen molar-refractivity contribution in [3.63, 3.8) is 0 Å². The van der Waals surface area contributed by atoms with Gasteiger partial charge in [-0.25, -0.2) is 14.0 Å². The summed E-state index contributed by atoms with van der Waals surface area (Å²) in [7, 11) is 0. The lowest BCUT2D eigenvalue weighted by molar-refractivity contribution is -0.131. The number of halogens is 3. The van der Waals surface area contributed by atoms with Gasteiger partial charge in [-0.15, -0.1) is 4.73 Å². The highest BCUT2D eigenvalue weighted by molar-refractivity contribution is 6.41. The van der Waals surface area contributed by atoms with Crippen LogP contribution in [-0.2, 0) is 4.79 Å². The molecule has 0 saturated heterocycles. The van der Waals surface area contributed by atoms with E-state index in [1.165, 1.54) is 0 Å². The average molecular weight is 432 g/mol. The Hall–Kier alpha value is -3.24. The minimum absolute atomic E-state index is 0.325. The summed E-state index contributed by atoms with van der Waals surface area (Å²) in [6.45, 7) is 1.02. The lowest BCUT2D eigenvalue weighted by Crippen LogP contribution is -2.24. The minimum Gasteiger partial charge on any atom is -0.492 e. The third kappa shape index (κ3) is 3.23. The molecule has 2 heterocycles. The van der Waals surface area contributed by atoms with Gasteiger partial charge < -0.3 is 24.2 Å². The second-order valence-corrected chi connectivity index (χ2v) is 6.03. The van der Waals surface area contributed by atoms with Crippen molar-refractivity contribution in [2.75, 3.05) is 0 Å². The third-order valence-electron chi connectivity index (χ3n) is 3.41. The van der Waals surface area contributed by atoms with Crippen LogP contribution < -0.4 is 15.2 Å². The van der Waals surface area contributed by atoms with Gasteiger partial charge in [-0.1, -0.05) is 23.2 Å². The maximum atomic E-state index is 14.6. The molecular formula is C16H8Cl2FNO8. The van der Waals surface area contributed by atoms with Crippen LogP contribution in [0.2, 0.25) is 10.0 Å². The monoisotopic (exact) mass is 431 g/mol. The molecule has 0 radical (unpaired) electrons. The quantitative estimate of drug-likeness (QED) is 0.280. The molecule has 0 spiro atoms. The summed E-state index contributed by atoms with van der Waals surface area (Å²) in [6, 6.07) is 2.79. The number of carbonyl (C=O) groups is 2. The predicted octanol–water partition coefficient (Wildman–Crippen LogP) is 2.65. The molecule has 0 unspecified atom stereocenters. The summed E-state index contributed by atoms with van der Waals surface area (Å²) < 4.78 is 24.5. The Balaban J connectivity index is 2.15. The standard InChI is InChI=1S/C16H8Cl2FNO8/c1-5(21)26-14-10(17)12(19)6-4-7(15(24)27-13(6)11(14)18)16(25)28-20-8(22)2-3-9(20)23/h2-4,22-23H,1H3. The van der Waals surface area contributed by atoms with Crippen LogP contribution in [0.4, 0.5) is 4.39 Å². The number of hydrogen-bond acceptors (Lipinski definition) is 8. The van der Waals surface area contributed by atoms with Gasteiger partial charge in [0.25, 0.3) is 0 Å². The maximum absolute atomic E-state index is 14.6. The highest BCUT2D eigenvalue weighted by atomic mass is 35.5. The zero-order chi connectivity index (χ0) is 20.7. The number of aromatic hydroxyl groups is 2. The summed E-state index contributed by atoms with van der Waals surface area (Å²) in [5.74, 6) is -5.24. The molecule has 2 aromatic heterocycles. The van der Waals surface area contributed by atoms with Crippen molar-refractivity contribution in [3.8, 4) is 17.5 Å². The topological polar surface area (TPSA) is 128 Å². The van der Waals surface area contributed by atoms with Gasteiger partial charge in [0.1, 0.15) is 15.6 Å². The Bertz CT molecular complexity index is 1180. The molecule has 3 rings (SSSR count). The van der Waals surface area contributed by atoms with E-state index in [9.17, 15) is 29.0 Å². The number of hydrogen-bond donors (Lipinski definition) is 2. The molecule has 0 bridgehead atoms. The first-order chi connectivity index (χ1) is 13.1. The molecule has 3 aromatic rings. The summed E-state index contributed by atoms with van der Waals surface area (Å²) in [5, 5.41) is 17.3. The second-order valence-electron chi connectivity index (χ2n) is 5.28. The third-order valence-corrected chi connectivity index (χ3v) is 4.09. The summed E-state index contributed by atoms with van der Waals surface area (Å²) in [5.41, 5.74) is -2.58. The first kappa shape index (κ1) is 19.5. The van der Waals surface area contributed by atoms with Crippen molar-refractivity contribution < 1.29 is 38.2 Å². The van der Waals surface area contributed by atoms with Gasteiger partial charge in [-0.2, -0.15) is 0 Å². The van der Waals surface area contributed by atoms with Gasteiger partial charge in [0.05, 0.1) is 5.39 Å². The number of benzene rings is 1. The summed E-state index contributed by atoms with van der Waals surface area (Å²) >= 11 is 11.8. The van der Waals surface area contributed by atoms with Crippen LogP contribution >= 0.6 is 23.2 Å². The van der Waals surface area contributed by atoms with Gasteiger partial charge >= 0.3 is 17.6 Å². The molecule has 0 atom stereocenters. The van der Waals surface area contributed by atoms with Crippen LogP contribution in [0.25, 0.3) is 11.0 Å². The molecular weight excluding hydrogens is 424 g/mol. The molecule has 0 saturated carbocycles. The van der Waals surface area contributed by atoms with Gasteiger partial charge in [0, 0.05) is 19.1 Å². The van der Waals surface area contributed by atoms with Gasteiger partial charge in [0.2, 0.25) is 11.8 Å². The zero-order valence-corrected chi connectivity index (χ0v) is 15.2. The molecule has 12 heteroatoms. The molecule has 2 N–H and O–H groups in total. The number of fused-ring (bicyclic) bond motifs is 1. The molecule has 0 amide bonds. The second kappa shape index (κ2) is 7.06. The van der Waals surface area contributed by atoms with Crippen LogP contribution in [0.3, 0.4) is 0 Å². The Morgan fingerprint density at radius 3 is 2.36 bits per heavy atom. The van der Waals surface area contributed by atoms with E-state index >= 15 is 0 Å². The first-order valence-corrected chi connectivity index (χ1v) is 8.02. The minimum atomic E-state index is -1.38. The maximum Gasteiger partial charge on any atom is 0.371 e. The molecule has 0 aliphatic heterocycles. The van der Waals surface area contributed by atoms with Crippen LogP contribution in [0.5, 0.6) is 17.5 Å². The average Bonchev–Trinajstić information content (AvgIpc) is 2.94. The smallest absolute Gasteiger partial charge is 0.371 e. The SMILES string of the molecule is CC(=O)Oc1c(Cl)c(F)c2cc(C(=O)On3c(O)ccc3O)c(=O)oc2c1Cl. The van der Waals surface area contributed by atoms with E-state index in [0.29, 0.717) is 4.73 Å². The van der Waals surface area contributed by atoms with Gasteiger partial charge in [0.15, 0.2) is 17.1 Å². The normalized spacial score (nSPS) is 10.9. The van der Waals surface area contributed by atoms with Crippen LogP contribution in [0, 0.1) is 5.82 Å². The van der Waals surface area contributed by atoms with E-state index in [0.717, 1.165) is 25.1 Å². The van der Waals surface area contributed by atoms with E-state index < -0.39 is 67.5 Å². The highest BCUT2D eigenvalue weighted by Gasteiger charge is 2.26. The number of nitrogens with zero attached hydrogens (tertiary/aromatic N) is 1. The van der Waals surface area contributed by atoms with Crippen molar-refractivity contribution in [3.05, 3.63) is 50.0 Å². The Morgan fingerprint density at radius 1 is 1.18 bits per heavy atom.